The lowest BCUT2D eigenvalue weighted by Gasteiger charge is -2.03. The zero-order chi connectivity index (χ0) is 8.43. The number of H-pyrrole nitrogens is 1. The molecule has 1 atom stereocenters. The van der Waals surface area contributed by atoms with E-state index >= 15 is 0 Å². The summed E-state index contributed by atoms with van der Waals surface area (Å²) in [5.74, 6) is 0. The Morgan fingerprint density at radius 3 is 2.73 bits per heavy atom. The van der Waals surface area contributed by atoms with Crippen LogP contribution in [0.2, 0.25) is 0 Å². The number of nitrogens with one attached hydrogen (secondary N) is 1. The van der Waals surface area contributed by atoms with E-state index in [4.69, 9.17) is 5.73 Å². The molecule has 0 saturated carbocycles. The van der Waals surface area contributed by atoms with Crippen molar-refractivity contribution in [2.45, 2.75) is 19.9 Å². The number of hydrogen-bond donors (Lipinski definition) is 2. The fraction of sp³-hybridized carbons (Fsp3) is 0.375. The zero-order valence-corrected chi connectivity index (χ0v) is 6.72. The highest BCUT2D eigenvalue weighted by Crippen LogP contribution is 2.01. The second-order valence-electron chi connectivity index (χ2n) is 2.72. The van der Waals surface area contributed by atoms with E-state index in [0.29, 0.717) is 5.56 Å². The molecule has 1 aromatic heterocycles. The summed E-state index contributed by atoms with van der Waals surface area (Å²) in [4.78, 5) is 14.1. The van der Waals surface area contributed by atoms with Gasteiger partial charge in [-0.1, -0.05) is 0 Å². The third kappa shape index (κ3) is 1.68. The van der Waals surface area contributed by atoms with Crippen LogP contribution < -0.4 is 11.2 Å². The second kappa shape index (κ2) is 2.88. The molecule has 1 heterocycles. The van der Waals surface area contributed by atoms with Crippen molar-refractivity contribution >= 4 is 0 Å². The van der Waals surface area contributed by atoms with Crippen molar-refractivity contribution in [1.82, 2.24) is 4.98 Å². The van der Waals surface area contributed by atoms with Crippen LogP contribution in [0.3, 0.4) is 0 Å². The Morgan fingerprint density at radius 1 is 1.64 bits per heavy atom. The van der Waals surface area contributed by atoms with Gasteiger partial charge < -0.3 is 10.7 Å². The van der Waals surface area contributed by atoms with Crippen LogP contribution in [0.5, 0.6) is 0 Å². The quantitative estimate of drug-likeness (QED) is 0.622. The van der Waals surface area contributed by atoms with E-state index < -0.39 is 0 Å². The van der Waals surface area contributed by atoms with Crippen LogP contribution in [0, 0.1) is 6.92 Å². The number of pyridine rings is 1. The van der Waals surface area contributed by atoms with E-state index in [2.05, 4.69) is 4.98 Å². The van der Waals surface area contributed by atoms with E-state index in [1.807, 2.05) is 6.92 Å². The van der Waals surface area contributed by atoms with Gasteiger partial charge in [0, 0.05) is 29.6 Å². The predicted octanol–water partition coefficient (Wildman–Crippen LogP) is 0.703. The van der Waals surface area contributed by atoms with Gasteiger partial charge in [-0.05, 0) is 13.8 Å². The molecule has 0 fully saturated rings. The monoisotopic (exact) mass is 152 g/mol. The van der Waals surface area contributed by atoms with Crippen LogP contribution >= 0.6 is 0 Å². The highest BCUT2D eigenvalue weighted by molar-refractivity contribution is 5.16. The van der Waals surface area contributed by atoms with Gasteiger partial charge in [0.1, 0.15) is 0 Å². The van der Waals surface area contributed by atoms with Gasteiger partial charge in [0.05, 0.1) is 0 Å². The number of aromatic nitrogens is 1. The molecule has 3 N–H and O–H groups in total. The van der Waals surface area contributed by atoms with Crippen molar-refractivity contribution in [1.29, 1.82) is 0 Å². The first kappa shape index (κ1) is 8.01. The molecule has 0 aliphatic carbocycles. The summed E-state index contributed by atoms with van der Waals surface area (Å²) in [5.41, 5.74) is 7.05. The van der Waals surface area contributed by atoms with Gasteiger partial charge in [-0.3, -0.25) is 4.79 Å². The molecule has 1 rings (SSSR count). The van der Waals surface area contributed by atoms with Crippen molar-refractivity contribution in [3.05, 3.63) is 33.7 Å². The molecule has 0 aliphatic rings. The Balaban J connectivity index is 3.21. The van der Waals surface area contributed by atoms with Gasteiger partial charge in [-0.15, -0.1) is 0 Å². The van der Waals surface area contributed by atoms with Crippen molar-refractivity contribution in [2.24, 2.45) is 5.73 Å². The number of nitrogens with two attached hydrogens (primary N) is 1. The molecule has 1 aromatic rings. The van der Waals surface area contributed by atoms with Gasteiger partial charge in [0.15, 0.2) is 5.43 Å². The molecule has 3 heteroatoms. The average Bonchev–Trinajstić information content (AvgIpc) is 1.85. The van der Waals surface area contributed by atoms with E-state index in [1.165, 1.54) is 0 Å². The molecule has 0 amide bonds. The standard InChI is InChI=1S/C8H12N2O/c1-5-3-8(11)7(4-10-5)6(2)9/h3-4,6H,9H2,1-2H3,(H,10,11)/t6-/m0/s1. The first-order valence-electron chi connectivity index (χ1n) is 3.56. The molecule has 11 heavy (non-hydrogen) atoms. The molecular formula is C8H12N2O. The van der Waals surface area contributed by atoms with E-state index in [0.717, 1.165) is 5.69 Å². The minimum Gasteiger partial charge on any atom is -0.365 e. The second-order valence-corrected chi connectivity index (χ2v) is 2.72. The summed E-state index contributed by atoms with van der Waals surface area (Å²) in [6.45, 7) is 3.63. The van der Waals surface area contributed by atoms with Gasteiger partial charge in [-0.25, -0.2) is 0 Å². The van der Waals surface area contributed by atoms with Crippen LogP contribution in [0.25, 0.3) is 0 Å². The number of aryl methyl sites for hydroxylation is 1. The smallest absolute Gasteiger partial charge is 0.186 e. The molecule has 0 saturated heterocycles. The van der Waals surface area contributed by atoms with Crippen LogP contribution in [-0.2, 0) is 0 Å². The topological polar surface area (TPSA) is 58.9 Å². The van der Waals surface area contributed by atoms with Gasteiger partial charge in [0.25, 0.3) is 0 Å². The van der Waals surface area contributed by atoms with Crippen molar-refractivity contribution < 1.29 is 0 Å². The van der Waals surface area contributed by atoms with Crippen LogP contribution in [-0.4, -0.2) is 4.98 Å². The van der Waals surface area contributed by atoms with E-state index in [-0.39, 0.29) is 11.5 Å². The first-order chi connectivity index (χ1) is 5.11. The lowest BCUT2D eigenvalue weighted by molar-refractivity contribution is 0.801. The summed E-state index contributed by atoms with van der Waals surface area (Å²) in [6, 6.07) is 1.36. The Hall–Kier alpha value is -1.09. The van der Waals surface area contributed by atoms with Gasteiger partial charge in [0.2, 0.25) is 0 Å². The summed E-state index contributed by atoms with van der Waals surface area (Å²) in [7, 11) is 0. The summed E-state index contributed by atoms with van der Waals surface area (Å²) in [5, 5.41) is 0. The molecule has 3 nitrogen and oxygen atoms in total. The minimum atomic E-state index is -0.195. The average molecular weight is 152 g/mol. The SMILES string of the molecule is Cc1cc(=O)c([C@H](C)N)c[nH]1. The van der Waals surface area contributed by atoms with Crippen LogP contribution in [0.1, 0.15) is 24.2 Å². The molecular weight excluding hydrogens is 140 g/mol. The normalized spacial score (nSPS) is 13.0. The summed E-state index contributed by atoms with van der Waals surface area (Å²) >= 11 is 0. The number of rotatable bonds is 1. The van der Waals surface area contributed by atoms with Crippen molar-refractivity contribution in [3.8, 4) is 0 Å². The lowest BCUT2D eigenvalue weighted by Crippen LogP contribution is -2.17. The fourth-order valence-corrected chi connectivity index (χ4v) is 0.940. The number of hydrogen-bond acceptors (Lipinski definition) is 2. The molecule has 0 aliphatic heterocycles. The third-order valence-electron chi connectivity index (χ3n) is 1.58. The lowest BCUT2D eigenvalue weighted by atomic mass is 10.1. The maximum atomic E-state index is 11.2. The fourth-order valence-electron chi connectivity index (χ4n) is 0.940. The zero-order valence-electron chi connectivity index (χ0n) is 6.72. The van der Waals surface area contributed by atoms with Gasteiger partial charge >= 0.3 is 0 Å². The van der Waals surface area contributed by atoms with Crippen molar-refractivity contribution in [3.63, 3.8) is 0 Å². The molecule has 0 unspecified atom stereocenters. The molecule has 0 spiro atoms. The highest BCUT2D eigenvalue weighted by atomic mass is 16.1. The summed E-state index contributed by atoms with van der Waals surface area (Å²) in [6.07, 6.45) is 1.67. The highest BCUT2D eigenvalue weighted by Gasteiger charge is 2.02. The van der Waals surface area contributed by atoms with Crippen molar-refractivity contribution in [2.75, 3.05) is 0 Å². The summed E-state index contributed by atoms with van der Waals surface area (Å²) < 4.78 is 0. The minimum absolute atomic E-state index is 0.0104. The third-order valence-corrected chi connectivity index (χ3v) is 1.58. The van der Waals surface area contributed by atoms with E-state index in [1.54, 1.807) is 19.2 Å². The largest absolute Gasteiger partial charge is 0.365 e. The van der Waals surface area contributed by atoms with E-state index in [9.17, 15) is 4.79 Å². The molecule has 0 radical (unpaired) electrons. The molecule has 0 aromatic carbocycles. The maximum Gasteiger partial charge on any atom is 0.186 e. The van der Waals surface area contributed by atoms with Crippen LogP contribution in [0.4, 0.5) is 0 Å². The molecule has 0 bridgehead atoms. The Labute approximate surface area is 65.2 Å². The first-order valence-corrected chi connectivity index (χ1v) is 3.56. The van der Waals surface area contributed by atoms with Gasteiger partial charge in [-0.2, -0.15) is 0 Å². The molecule has 60 valence electrons. The van der Waals surface area contributed by atoms with Crippen LogP contribution in [0.15, 0.2) is 17.1 Å². The Kier molecular flexibility index (Phi) is 2.10. The number of aromatic amines is 1. The Morgan fingerprint density at radius 2 is 2.27 bits per heavy atom. The maximum absolute atomic E-state index is 11.2. The Bertz CT molecular complexity index is 301. The predicted molar refractivity (Wildman–Crippen MR) is 44.4 cm³/mol.